The zero-order valence-electron chi connectivity index (χ0n) is 22.3. The molecular formula is C29H31FN4O6. The maximum absolute atomic E-state index is 15.0. The Hall–Kier alpha value is -3.83. The summed E-state index contributed by atoms with van der Waals surface area (Å²) in [6.45, 7) is 3.95. The van der Waals surface area contributed by atoms with Crippen molar-refractivity contribution in [3.05, 3.63) is 57.1 Å². The van der Waals surface area contributed by atoms with E-state index in [1.807, 2.05) is 0 Å². The lowest BCUT2D eigenvalue weighted by Crippen LogP contribution is -2.50. The Balaban J connectivity index is 1.49. The number of aromatic nitrogens is 1. The molecule has 0 bridgehead atoms. The van der Waals surface area contributed by atoms with Gasteiger partial charge in [0.1, 0.15) is 12.4 Å². The molecule has 2 amide bonds. The number of amides is 2. The predicted octanol–water partition coefficient (Wildman–Crippen LogP) is 1.80. The number of aliphatic hydroxyl groups is 2. The molecule has 1 aliphatic carbocycles. The number of ether oxygens (including phenoxy) is 1. The Morgan fingerprint density at radius 3 is 2.92 bits per heavy atom. The van der Waals surface area contributed by atoms with Crippen LogP contribution in [0.1, 0.15) is 66.6 Å². The first-order valence-electron chi connectivity index (χ1n) is 13.6. The fourth-order valence-electron chi connectivity index (χ4n) is 6.53. The standard InChI is InChI=1S/C29H31FN4O6/c1-3-29(39)18-9-22-26-16(11-34(22)27(37)17(18)12-40-28(29)38)25-20(32-23(36)5-4-8-31-13-35)7-6-15-14(2)19(30)10-21(33-26)24(15)25/h9-10,13,20,27,37,39H,3-8,11-12H2,1-2H3,(H,31,35)(H,32,36)/t20-,27-,29-/m0/s1. The maximum atomic E-state index is 15.0. The van der Waals surface area contributed by atoms with Crippen LogP contribution in [-0.4, -0.2) is 63.4 Å². The summed E-state index contributed by atoms with van der Waals surface area (Å²) in [5.41, 5.74) is 3.39. The first kappa shape index (κ1) is 26.4. The molecule has 10 nitrogen and oxygen atoms in total. The predicted molar refractivity (Wildman–Crippen MR) is 142 cm³/mol. The van der Waals surface area contributed by atoms with Crippen molar-refractivity contribution < 1.29 is 33.7 Å². The summed E-state index contributed by atoms with van der Waals surface area (Å²) in [7, 11) is 0. The van der Waals surface area contributed by atoms with Gasteiger partial charge in [-0.3, -0.25) is 9.59 Å². The zero-order valence-corrected chi connectivity index (χ0v) is 22.3. The van der Waals surface area contributed by atoms with Gasteiger partial charge >= 0.3 is 5.97 Å². The lowest BCUT2D eigenvalue weighted by atomic mass is 9.81. The first-order chi connectivity index (χ1) is 19.2. The summed E-state index contributed by atoms with van der Waals surface area (Å²) >= 11 is 0. The van der Waals surface area contributed by atoms with E-state index >= 15 is 4.39 Å². The van der Waals surface area contributed by atoms with E-state index in [0.29, 0.717) is 65.8 Å². The number of fused-ring (bicyclic) bond motifs is 4. The molecule has 6 rings (SSSR count). The third-order valence-electron chi connectivity index (χ3n) is 8.69. The van der Waals surface area contributed by atoms with Crippen LogP contribution in [0.4, 0.5) is 4.39 Å². The highest BCUT2D eigenvalue weighted by molar-refractivity contribution is 5.94. The largest absolute Gasteiger partial charge is 0.459 e. The van der Waals surface area contributed by atoms with Gasteiger partial charge in [-0.05, 0) is 55.4 Å². The topological polar surface area (TPSA) is 141 Å². The molecule has 4 heterocycles. The van der Waals surface area contributed by atoms with Gasteiger partial charge in [-0.15, -0.1) is 0 Å². The number of rotatable bonds is 7. The Bertz CT molecular complexity index is 1530. The highest BCUT2D eigenvalue weighted by atomic mass is 19.1. The fourth-order valence-corrected chi connectivity index (χ4v) is 6.53. The first-order valence-corrected chi connectivity index (χ1v) is 13.6. The van der Waals surface area contributed by atoms with E-state index in [-0.39, 0.29) is 43.8 Å². The van der Waals surface area contributed by atoms with Crippen molar-refractivity contribution in [2.45, 2.75) is 70.4 Å². The Morgan fingerprint density at radius 2 is 2.17 bits per heavy atom. The van der Waals surface area contributed by atoms with Gasteiger partial charge in [-0.2, -0.15) is 0 Å². The summed E-state index contributed by atoms with van der Waals surface area (Å²) in [5.74, 6) is -1.28. The number of aryl methyl sites for hydroxylation is 1. The molecular weight excluding hydrogens is 519 g/mol. The van der Waals surface area contributed by atoms with E-state index < -0.39 is 17.8 Å². The molecule has 210 valence electrons. The summed E-state index contributed by atoms with van der Waals surface area (Å²) in [4.78, 5) is 42.6. The van der Waals surface area contributed by atoms with E-state index in [1.165, 1.54) is 6.07 Å². The summed E-state index contributed by atoms with van der Waals surface area (Å²) in [5, 5.41) is 29.1. The molecule has 4 aliphatic rings. The smallest absolute Gasteiger partial charge is 0.343 e. The lowest BCUT2D eigenvalue weighted by Gasteiger charge is -2.40. The molecule has 0 saturated carbocycles. The van der Waals surface area contributed by atoms with Gasteiger partial charge in [-0.25, -0.2) is 14.2 Å². The summed E-state index contributed by atoms with van der Waals surface area (Å²) in [6.07, 6.45) is 3.05. The van der Waals surface area contributed by atoms with Gasteiger partial charge in [0.05, 0.1) is 22.9 Å². The number of nitrogens with one attached hydrogen (secondary N) is 2. The molecule has 40 heavy (non-hydrogen) atoms. The van der Waals surface area contributed by atoms with Crippen molar-refractivity contribution in [3.8, 4) is 0 Å². The van der Waals surface area contributed by atoms with E-state index in [4.69, 9.17) is 9.72 Å². The average Bonchev–Trinajstić information content (AvgIpc) is 3.31. The minimum absolute atomic E-state index is 0.0642. The third kappa shape index (κ3) is 3.82. The second kappa shape index (κ2) is 9.67. The van der Waals surface area contributed by atoms with E-state index in [9.17, 15) is 24.6 Å². The molecule has 0 unspecified atom stereocenters. The van der Waals surface area contributed by atoms with Crippen LogP contribution in [0.5, 0.6) is 0 Å². The van der Waals surface area contributed by atoms with E-state index in [1.54, 1.807) is 24.8 Å². The molecule has 1 aromatic carbocycles. The highest BCUT2D eigenvalue weighted by Crippen LogP contribution is 2.49. The van der Waals surface area contributed by atoms with Crippen molar-refractivity contribution in [2.24, 2.45) is 0 Å². The Labute approximate surface area is 229 Å². The van der Waals surface area contributed by atoms with Crippen molar-refractivity contribution in [3.63, 3.8) is 0 Å². The summed E-state index contributed by atoms with van der Waals surface area (Å²) < 4.78 is 20.2. The van der Waals surface area contributed by atoms with Crippen LogP contribution in [0.25, 0.3) is 16.6 Å². The van der Waals surface area contributed by atoms with E-state index in [2.05, 4.69) is 10.6 Å². The fraction of sp³-hybridized carbons (Fsp3) is 0.448. The number of hydrogen-bond acceptors (Lipinski definition) is 8. The molecule has 11 heteroatoms. The number of aliphatic hydroxyl groups excluding tert-OH is 1. The van der Waals surface area contributed by atoms with Crippen LogP contribution in [0, 0.1) is 12.7 Å². The third-order valence-corrected chi connectivity index (χ3v) is 8.69. The number of esters is 1. The van der Waals surface area contributed by atoms with Crippen LogP contribution >= 0.6 is 0 Å². The number of hydrogen-bond donors (Lipinski definition) is 4. The Kier molecular flexibility index (Phi) is 6.38. The minimum Gasteiger partial charge on any atom is -0.459 e. The van der Waals surface area contributed by atoms with Crippen molar-refractivity contribution in [2.75, 3.05) is 13.2 Å². The molecule has 0 saturated heterocycles. The number of carbonyl (C=O) groups excluding carboxylic acids is 3. The maximum Gasteiger partial charge on any atom is 0.343 e. The molecule has 0 fully saturated rings. The van der Waals surface area contributed by atoms with Crippen molar-refractivity contribution in [1.82, 2.24) is 20.5 Å². The molecule has 3 aliphatic heterocycles. The van der Waals surface area contributed by atoms with Crippen molar-refractivity contribution in [1.29, 1.82) is 0 Å². The number of benzene rings is 1. The molecule has 0 spiro atoms. The van der Waals surface area contributed by atoms with Gasteiger partial charge in [0.25, 0.3) is 0 Å². The van der Waals surface area contributed by atoms with Crippen LogP contribution in [0.3, 0.4) is 0 Å². The normalized spacial score (nSPS) is 24.7. The molecule has 3 atom stereocenters. The van der Waals surface area contributed by atoms with Crippen LogP contribution in [-0.2, 0) is 32.1 Å². The van der Waals surface area contributed by atoms with E-state index in [0.717, 1.165) is 22.1 Å². The molecule has 4 N–H and O–H groups in total. The number of cyclic esters (lactones) is 1. The Morgan fingerprint density at radius 1 is 1.38 bits per heavy atom. The molecule has 2 aromatic rings. The SMILES string of the molecule is CC[C@@]1(O)C(=O)OCC2=C1C=C1c3nc4cc(F)c(C)c5c4c(c3CN1[C@H]2O)[C@@H](NC(=O)CCCNC=O)CC5. The van der Waals surface area contributed by atoms with Gasteiger partial charge in [-0.1, -0.05) is 6.92 Å². The van der Waals surface area contributed by atoms with Crippen LogP contribution < -0.4 is 10.6 Å². The van der Waals surface area contributed by atoms with Crippen LogP contribution in [0.2, 0.25) is 0 Å². The van der Waals surface area contributed by atoms with Gasteiger partial charge in [0.2, 0.25) is 12.3 Å². The zero-order chi connectivity index (χ0) is 28.3. The van der Waals surface area contributed by atoms with Gasteiger partial charge in [0, 0.05) is 47.7 Å². The van der Waals surface area contributed by atoms with Gasteiger partial charge in [0.15, 0.2) is 11.8 Å². The summed E-state index contributed by atoms with van der Waals surface area (Å²) in [6, 6.07) is 1.04. The number of nitrogens with zero attached hydrogens (tertiary/aromatic N) is 2. The number of halogens is 1. The minimum atomic E-state index is -1.90. The lowest BCUT2D eigenvalue weighted by molar-refractivity contribution is -0.164. The molecule has 1 aromatic heterocycles. The molecule has 0 radical (unpaired) electrons. The number of carbonyl (C=O) groups is 3. The van der Waals surface area contributed by atoms with Gasteiger partial charge < -0.3 is 30.5 Å². The monoisotopic (exact) mass is 550 g/mol. The second-order valence-corrected chi connectivity index (χ2v) is 10.8. The quantitative estimate of drug-likeness (QED) is 0.232. The second-order valence-electron chi connectivity index (χ2n) is 10.8. The number of pyridine rings is 1. The average molecular weight is 551 g/mol. The highest BCUT2D eigenvalue weighted by Gasteiger charge is 2.50. The van der Waals surface area contributed by atoms with Crippen LogP contribution in [0.15, 0.2) is 23.3 Å². The van der Waals surface area contributed by atoms with Crippen molar-refractivity contribution >= 4 is 34.9 Å².